The lowest BCUT2D eigenvalue weighted by atomic mass is 9.87. The minimum absolute atomic E-state index is 0.325. The molecule has 0 saturated carbocycles. The summed E-state index contributed by atoms with van der Waals surface area (Å²) in [5, 5.41) is 0. The molecule has 0 bridgehead atoms. The molecular formula is C20H23NO3. The third kappa shape index (κ3) is 5.23. The minimum atomic E-state index is -0.518. The number of benzene rings is 1. The molecule has 0 fully saturated rings. The van der Waals surface area contributed by atoms with Gasteiger partial charge in [0.25, 0.3) is 0 Å². The lowest BCUT2D eigenvalue weighted by Gasteiger charge is -2.31. The second-order valence-corrected chi connectivity index (χ2v) is 6.60. The first kappa shape index (κ1) is 17.7. The highest BCUT2D eigenvalue weighted by Gasteiger charge is 2.33. The summed E-state index contributed by atoms with van der Waals surface area (Å²) >= 11 is 0. The minimum Gasteiger partial charge on any atom is -0.458 e. The van der Waals surface area contributed by atoms with Crippen LogP contribution in [-0.2, 0) is 9.53 Å². The van der Waals surface area contributed by atoms with Gasteiger partial charge in [-0.1, -0.05) is 45.0 Å². The summed E-state index contributed by atoms with van der Waals surface area (Å²) in [5.41, 5.74) is 0.555. The largest absolute Gasteiger partial charge is 0.458 e. The summed E-state index contributed by atoms with van der Waals surface area (Å²) in [6.07, 6.45) is 4.79. The van der Waals surface area contributed by atoms with Crippen molar-refractivity contribution in [3.05, 3.63) is 66.2 Å². The molecule has 0 spiro atoms. The van der Waals surface area contributed by atoms with Crippen LogP contribution in [0.25, 0.3) is 6.08 Å². The van der Waals surface area contributed by atoms with Crippen molar-refractivity contribution in [3.63, 3.8) is 0 Å². The van der Waals surface area contributed by atoms with Crippen molar-refractivity contribution < 1.29 is 14.3 Å². The second-order valence-electron chi connectivity index (χ2n) is 6.60. The van der Waals surface area contributed by atoms with Crippen molar-refractivity contribution in [2.75, 3.05) is 0 Å². The smallest absolute Gasteiger partial charge is 0.303 e. The van der Waals surface area contributed by atoms with E-state index in [4.69, 9.17) is 9.47 Å². The van der Waals surface area contributed by atoms with Crippen molar-refractivity contribution in [3.8, 4) is 5.75 Å². The topological polar surface area (TPSA) is 48.4 Å². The number of aromatic nitrogens is 1. The standard InChI is InChI=1S/C20H23NO3/c1-15(22)23-19(20(2,3)4)18(13-16-9-8-12-21-14-16)24-17-10-6-5-7-11-17/h5-14,19H,1-4H3. The van der Waals surface area contributed by atoms with Gasteiger partial charge >= 0.3 is 5.97 Å². The summed E-state index contributed by atoms with van der Waals surface area (Å²) in [7, 11) is 0. The van der Waals surface area contributed by atoms with Gasteiger partial charge in [0.15, 0.2) is 6.10 Å². The Morgan fingerprint density at radius 2 is 1.83 bits per heavy atom. The van der Waals surface area contributed by atoms with E-state index in [1.807, 2.05) is 69.3 Å². The van der Waals surface area contributed by atoms with Gasteiger partial charge in [-0.15, -0.1) is 0 Å². The Morgan fingerprint density at radius 1 is 1.12 bits per heavy atom. The summed E-state index contributed by atoms with van der Waals surface area (Å²) in [4.78, 5) is 15.7. The van der Waals surface area contributed by atoms with Gasteiger partial charge in [-0.05, 0) is 29.8 Å². The number of carbonyl (C=O) groups is 1. The molecule has 0 N–H and O–H groups in total. The van der Waals surface area contributed by atoms with Crippen LogP contribution >= 0.6 is 0 Å². The molecule has 4 heteroatoms. The van der Waals surface area contributed by atoms with Gasteiger partial charge in [0.2, 0.25) is 0 Å². The van der Waals surface area contributed by atoms with Gasteiger partial charge in [0, 0.05) is 24.7 Å². The first-order valence-electron chi connectivity index (χ1n) is 7.88. The Hall–Kier alpha value is -2.62. The van der Waals surface area contributed by atoms with Gasteiger partial charge in [-0.2, -0.15) is 0 Å². The van der Waals surface area contributed by atoms with E-state index in [1.54, 1.807) is 12.4 Å². The number of carbonyl (C=O) groups excluding carboxylic acids is 1. The van der Waals surface area contributed by atoms with E-state index in [1.165, 1.54) is 6.92 Å². The lowest BCUT2D eigenvalue weighted by Crippen LogP contribution is -2.34. The monoisotopic (exact) mass is 325 g/mol. The van der Waals surface area contributed by atoms with E-state index in [0.29, 0.717) is 11.5 Å². The molecule has 1 heterocycles. The van der Waals surface area contributed by atoms with Crippen molar-refractivity contribution in [2.45, 2.75) is 33.8 Å². The number of hydrogen-bond donors (Lipinski definition) is 0. The fourth-order valence-corrected chi connectivity index (χ4v) is 2.24. The zero-order valence-corrected chi connectivity index (χ0v) is 14.5. The fraction of sp³-hybridized carbons (Fsp3) is 0.300. The Balaban J connectivity index is 2.43. The number of nitrogens with zero attached hydrogens (tertiary/aromatic N) is 1. The first-order chi connectivity index (χ1) is 11.4. The molecule has 0 amide bonds. The van der Waals surface area contributed by atoms with E-state index in [9.17, 15) is 4.79 Å². The van der Waals surface area contributed by atoms with Crippen molar-refractivity contribution in [1.82, 2.24) is 4.98 Å². The molecule has 1 unspecified atom stereocenters. The van der Waals surface area contributed by atoms with Crippen molar-refractivity contribution >= 4 is 12.0 Å². The highest BCUT2D eigenvalue weighted by molar-refractivity contribution is 5.67. The molecule has 2 aromatic rings. The molecule has 4 nitrogen and oxygen atoms in total. The molecule has 126 valence electrons. The Morgan fingerprint density at radius 3 is 2.38 bits per heavy atom. The molecule has 0 radical (unpaired) electrons. The van der Waals surface area contributed by atoms with Crippen LogP contribution in [0, 0.1) is 5.41 Å². The normalized spacial score (nSPS) is 13.2. The van der Waals surface area contributed by atoms with E-state index in [2.05, 4.69) is 4.98 Å². The Bertz CT molecular complexity index is 688. The average Bonchev–Trinajstić information content (AvgIpc) is 2.53. The number of esters is 1. The average molecular weight is 325 g/mol. The predicted octanol–water partition coefficient (Wildman–Crippen LogP) is 4.48. The van der Waals surface area contributed by atoms with Crippen LogP contribution in [0.3, 0.4) is 0 Å². The third-order valence-corrected chi connectivity index (χ3v) is 3.30. The molecule has 0 aliphatic heterocycles. The van der Waals surface area contributed by atoms with Gasteiger partial charge in [-0.25, -0.2) is 0 Å². The van der Waals surface area contributed by atoms with E-state index >= 15 is 0 Å². The van der Waals surface area contributed by atoms with Crippen LogP contribution in [0.5, 0.6) is 5.75 Å². The molecule has 0 aliphatic rings. The summed E-state index contributed by atoms with van der Waals surface area (Å²) < 4.78 is 11.6. The maximum absolute atomic E-state index is 11.6. The summed E-state index contributed by atoms with van der Waals surface area (Å²) in [6, 6.07) is 13.2. The number of rotatable bonds is 5. The zero-order valence-electron chi connectivity index (χ0n) is 14.5. The summed E-state index contributed by atoms with van der Waals surface area (Å²) in [6.45, 7) is 7.42. The quantitative estimate of drug-likeness (QED) is 0.601. The Labute approximate surface area is 143 Å². The molecule has 1 atom stereocenters. The Kier molecular flexibility index (Phi) is 5.74. The molecule has 1 aromatic carbocycles. The van der Waals surface area contributed by atoms with Crippen LogP contribution < -0.4 is 4.74 Å². The van der Waals surface area contributed by atoms with Crippen molar-refractivity contribution in [2.24, 2.45) is 5.41 Å². The highest BCUT2D eigenvalue weighted by atomic mass is 16.6. The van der Waals surface area contributed by atoms with E-state index < -0.39 is 6.10 Å². The zero-order chi connectivity index (χ0) is 17.6. The van der Waals surface area contributed by atoms with Crippen LogP contribution in [0.15, 0.2) is 60.6 Å². The fourth-order valence-electron chi connectivity index (χ4n) is 2.24. The van der Waals surface area contributed by atoms with Crippen LogP contribution in [0.1, 0.15) is 33.3 Å². The number of pyridine rings is 1. The molecule has 1 aromatic heterocycles. The highest BCUT2D eigenvalue weighted by Crippen LogP contribution is 2.31. The number of para-hydroxylation sites is 1. The molecular weight excluding hydrogens is 302 g/mol. The molecule has 0 aliphatic carbocycles. The maximum atomic E-state index is 11.6. The number of hydrogen-bond acceptors (Lipinski definition) is 4. The molecule has 2 rings (SSSR count). The first-order valence-corrected chi connectivity index (χ1v) is 7.88. The van der Waals surface area contributed by atoms with Crippen LogP contribution in [0.4, 0.5) is 0 Å². The molecule has 24 heavy (non-hydrogen) atoms. The van der Waals surface area contributed by atoms with E-state index in [-0.39, 0.29) is 11.4 Å². The van der Waals surface area contributed by atoms with Gasteiger partial charge in [0.1, 0.15) is 11.5 Å². The van der Waals surface area contributed by atoms with Crippen LogP contribution in [0.2, 0.25) is 0 Å². The van der Waals surface area contributed by atoms with Gasteiger partial charge in [-0.3, -0.25) is 9.78 Å². The molecule has 0 saturated heterocycles. The van der Waals surface area contributed by atoms with Gasteiger partial charge < -0.3 is 9.47 Å². The van der Waals surface area contributed by atoms with Gasteiger partial charge in [0.05, 0.1) is 0 Å². The second kappa shape index (κ2) is 7.77. The lowest BCUT2D eigenvalue weighted by molar-refractivity contribution is -0.150. The van der Waals surface area contributed by atoms with E-state index in [0.717, 1.165) is 5.56 Å². The maximum Gasteiger partial charge on any atom is 0.303 e. The van der Waals surface area contributed by atoms with Crippen molar-refractivity contribution in [1.29, 1.82) is 0 Å². The summed E-state index contributed by atoms with van der Waals surface area (Å²) in [5.74, 6) is 0.912. The predicted molar refractivity (Wildman–Crippen MR) is 94.3 cm³/mol. The number of ether oxygens (including phenoxy) is 2. The van der Waals surface area contributed by atoms with Crippen LogP contribution in [-0.4, -0.2) is 17.1 Å². The SMILES string of the molecule is CC(=O)OC(C(=Cc1cccnc1)Oc1ccccc1)C(C)(C)C. The third-order valence-electron chi connectivity index (χ3n) is 3.30.